The monoisotopic (exact) mass is 375 g/mol. The van der Waals surface area contributed by atoms with Gasteiger partial charge in [0, 0.05) is 25.1 Å². The minimum Gasteiger partial charge on any atom is -0.347 e. The zero-order valence-corrected chi connectivity index (χ0v) is 15.0. The molecule has 0 bridgehead atoms. The molecule has 0 radical (unpaired) electrons. The van der Waals surface area contributed by atoms with Crippen molar-refractivity contribution in [1.82, 2.24) is 25.0 Å². The van der Waals surface area contributed by atoms with E-state index in [1.165, 1.54) is 12.1 Å². The van der Waals surface area contributed by atoms with Gasteiger partial charge in [0.15, 0.2) is 0 Å². The maximum Gasteiger partial charge on any atom is 0.244 e. The molecule has 3 heterocycles. The fraction of sp³-hybridized carbons (Fsp3) is 0.190. The first-order valence-corrected chi connectivity index (χ1v) is 9.15. The molecule has 1 aliphatic rings. The third kappa shape index (κ3) is 3.20. The van der Waals surface area contributed by atoms with Crippen molar-refractivity contribution in [2.24, 2.45) is 0 Å². The third-order valence-corrected chi connectivity index (χ3v) is 5.05. The Morgan fingerprint density at radius 3 is 2.75 bits per heavy atom. The number of halogens is 1. The van der Waals surface area contributed by atoms with Crippen molar-refractivity contribution < 1.29 is 8.91 Å². The van der Waals surface area contributed by atoms with Crippen LogP contribution in [0.3, 0.4) is 0 Å². The molecule has 0 aliphatic carbocycles. The zero-order chi connectivity index (χ0) is 18.9. The molecule has 140 valence electrons. The molecule has 0 saturated carbocycles. The SMILES string of the molecule is Fc1ccc(CN2Cc3[nH]cnc3CC2c2nc(-c3ccccc3)no2)cc1. The van der Waals surface area contributed by atoms with Gasteiger partial charge in [-0.05, 0) is 17.7 Å². The number of aromatic amines is 1. The van der Waals surface area contributed by atoms with E-state index in [2.05, 4.69) is 25.0 Å². The van der Waals surface area contributed by atoms with Gasteiger partial charge in [-0.1, -0.05) is 47.6 Å². The lowest BCUT2D eigenvalue weighted by Crippen LogP contribution is -2.34. The first kappa shape index (κ1) is 16.8. The van der Waals surface area contributed by atoms with Crippen LogP contribution in [-0.2, 0) is 19.5 Å². The van der Waals surface area contributed by atoms with Gasteiger partial charge in [0.2, 0.25) is 11.7 Å². The van der Waals surface area contributed by atoms with E-state index in [0.29, 0.717) is 31.2 Å². The number of benzene rings is 2. The normalized spacial score (nSPS) is 16.8. The lowest BCUT2D eigenvalue weighted by molar-refractivity contribution is 0.128. The molecule has 0 amide bonds. The van der Waals surface area contributed by atoms with Gasteiger partial charge in [-0.15, -0.1) is 0 Å². The van der Waals surface area contributed by atoms with E-state index in [0.717, 1.165) is 22.5 Å². The van der Waals surface area contributed by atoms with Gasteiger partial charge in [-0.3, -0.25) is 4.90 Å². The Morgan fingerprint density at radius 1 is 1.11 bits per heavy atom. The van der Waals surface area contributed by atoms with E-state index in [1.807, 2.05) is 30.3 Å². The van der Waals surface area contributed by atoms with Crippen molar-refractivity contribution in [3.8, 4) is 11.4 Å². The molecule has 7 heteroatoms. The Morgan fingerprint density at radius 2 is 1.93 bits per heavy atom. The summed E-state index contributed by atoms with van der Waals surface area (Å²) >= 11 is 0. The van der Waals surface area contributed by atoms with Crippen LogP contribution < -0.4 is 0 Å². The Kier molecular flexibility index (Phi) is 4.21. The van der Waals surface area contributed by atoms with Gasteiger partial charge in [0.25, 0.3) is 0 Å². The van der Waals surface area contributed by atoms with Crippen LogP contribution in [0.15, 0.2) is 65.4 Å². The van der Waals surface area contributed by atoms with Crippen LogP contribution in [0, 0.1) is 5.82 Å². The summed E-state index contributed by atoms with van der Waals surface area (Å²) in [4.78, 5) is 14.5. The lowest BCUT2D eigenvalue weighted by atomic mass is 10.0. The number of aromatic nitrogens is 4. The second-order valence-corrected chi connectivity index (χ2v) is 6.90. The number of nitrogens with zero attached hydrogens (tertiary/aromatic N) is 4. The van der Waals surface area contributed by atoms with Crippen LogP contribution in [0.4, 0.5) is 4.39 Å². The minimum atomic E-state index is -0.237. The van der Waals surface area contributed by atoms with Gasteiger partial charge >= 0.3 is 0 Å². The molecule has 2 aromatic heterocycles. The molecule has 0 saturated heterocycles. The maximum atomic E-state index is 13.3. The summed E-state index contributed by atoms with van der Waals surface area (Å²) in [6, 6.07) is 16.2. The predicted molar refractivity (Wildman–Crippen MR) is 100 cm³/mol. The number of H-pyrrole nitrogens is 1. The van der Waals surface area contributed by atoms with Gasteiger partial charge < -0.3 is 9.51 Å². The molecule has 5 rings (SSSR count). The van der Waals surface area contributed by atoms with Gasteiger partial charge in [0.05, 0.1) is 23.8 Å². The highest BCUT2D eigenvalue weighted by Crippen LogP contribution is 2.33. The predicted octanol–water partition coefficient (Wildman–Crippen LogP) is 3.90. The topological polar surface area (TPSA) is 70.8 Å². The molecular formula is C21H18FN5O. The van der Waals surface area contributed by atoms with E-state index in [4.69, 9.17) is 4.52 Å². The zero-order valence-electron chi connectivity index (χ0n) is 15.0. The van der Waals surface area contributed by atoms with Crippen LogP contribution in [0.5, 0.6) is 0 Å². The van der Waals surface area contributed by atoms with Crippen molar-refractivity contribution in [3.05, 3.63) is 89.6 Å². The first-order chi connectivity index (χ1) is 13.8. The van der Waals surface area contributed by atoms with E-state index >= 15 is 0 Å². The van der Waals surface area contributed by atoms with Gasteiger partial charge in [0.1, 0.15) is 5.82 Å². The third-order valence-electron chi connectivity index (χ3n) is 5.05. The van der Waals surface area contributed by atoms with Crippen molar-refractivity contribution in [2.75, 3.05) is 0 Å². The molecule has 2 aromatic carbocycles. The average molecular weight is 375 g/mol. The largest absolute Gasteiger partial charge is 0.347 e. The Bertz CT molecular complexity index is 1070. The number of fused-ring (bicyclic) bond motifs is 1. The van der Waals surface area contributed by atoms with Crippen LogP contribution in [0.1, 0.15) is 28.9 Å². The van der Waals surface area contributed by atoms with Crippen molar-refractivity contribution >= 4 is 0 Å². The highest BCUT2D eigenvalue weighted by atomic mass is 19.1. The Balaban J connectivity index is 1.46. The van der Waals surface area contributed by atoms with Crippen LogP contribution >= 0.6 is 0 Å². The number of rotatable bonds is 4. The van der Waals surface area contributed by atoms with E-state index in [1.54, 1.807) is 18.5 Å². The standard InChI is InChI=1S/C21H18FN5O/c22-16-8-6-14(7-9-16)11-27-12-18-17(23-13-24-18)10-19(27)21-25-20(26-28-21)15-4-2-1-3-5-15/h1-9,13,19H,10-12H2,(H,23,24). The number of hydrogen-bond donors (Lipinski definition) is 1. The summed E-state index contributed by atoms with van der Waals surface area (Å²) < 4.78 is 18.9. The molecule has 1 unspecified atom stereocenters. The minimum absolute atomic E-state index is 0.0918. The number of imidazole rings is 1. The molecular weight excluding hydrogens is 357 g/mol. The van der Waals surface area contributed by atoms with E-state index in [-0.39, 0.29) is 11.9 Å². The van der Waals surface area contributed by atoms with Crippen molar-refractivity contribution in [3.63, 3.8) is 0 Å². The average Bonchev–Trinajstić information content (AvgIpc) is 3.39. The molecule has 1 atom stereocenters. The highest BCUT2D eigenvalue weighted by Gasteiger charge is 2.33. The van der Waals surface area contributed by atoms with Crippen LogP contribution in [-0.4, -0.2) is 25.0 Å². The summed E-state index contributed by atoms with van der Waals surface area (Å²) in [5.74, 6) is 0.902. The molecule has 1 N–H and O–H groups in total. The van der Waals surface area contributed by atoms with Crippen LogP contribution in [0.2, 0.25) is 0 Å². The number of nitrogens with one attached hydrogen (secondary N) is 1. The molecule has 0 spiro atoms. The van der Waals surface area contributed by atoms with E-state index < -0.39 is 0 Å². The quantitative estimate of drug-likeness (QED) is 0.586. The smallest absolute Gasteiger partial charge is 0.244 e. The second kappa shape index (κ2) is 7.01. The summed E-state index contributed by atoms with van der Waals surface area (Å²) in [5, 5.41) is 4.17. The molecule has 28 heavy (non-hydrogen) atoms. The summed E-state index contributed by atoms with van der Waals surface area (Å²) in [6.45, 7) is 1.33. The maximum absolute atomic E-state index is 13.3. The highest BCUT2D eigenvalue weighted by molar-refractivity contribution is 5.53. The lowest BCUT2D eigenvalue weighted by Gasteiger charge is -2.32. The summed E-state index contributed by atoms with van der Waals surface area (Å²) in [6.07, 6.45) is 2.39. The Hall–Kier alpha value is -3.32. The summed E-state index contributed by atoms with van der Waals surface area (Å²) in [5.41, 5.74) is 4.04. The van der Waals surface area contributed by atoms with Crippen molar-refractivity contribution in [1.29, 1.82) is 0 Å². The molecule has 1 aliphatic heterocycles. The van der Waals surface area contributed by atoms with Gasteiger partial charge in [-0.2, -0.15) is 4.98 Å². The van der Waals surface area contributed by atoms with E-state index in [9.17, 15) is 4.39 Å². The second-order valence-electron chi connectivity index (χ2n) is 6.90. The summed E-state index contributed by atoms with van der Waals surface area (Å²) in [7, 11) is 0. The molecule has 4 aromatic rings. The first-order valence-electron chi connectivity index (χ1n) is 9.15. The Labute approximate surface area is 161 Å². The van der Waals surface area contributed by atoms with Crippen LogP contribution in [0.25, 0.3) is 11.4 Å². The molecule has 0 fully saturated rings. The fourth-order valence-corrected chi connectivity index (χ4v) is 3.60. The van der Waals surface area contributed by atoms with Gasteiger partial charge in [-0.25, -0.2) is 9.37 Å². The fourth-order valence-electron chi connectivity index (χ4n) is 3.60. The number of hydrogen-bond acceptors (Lipinski definition) is 5. The molecule has 6 nitrogen and oxygen atoms in total. The van der Waals surface area contributed by atoms with Crippen molar-refractivity contribution in [2.45, 2.75) is 25.6 Å².